The molecule has 5 heteroatoms. The van der Waals surface area contributed by atoms with Crippen LogP contribution < -0.4 is 11.2 Å². The summed E-state index contributed by atoms with van der Waals surface area (Å²) in [6.45, 7) is 0.727. The summed E-state index contributed by atoms with van der Waals surface area (Å²) in [5.74, 6) is 0. The Kier molecular flexibility index (Phi) is 3.86. The van der Waals surface area contributed by atoms with E-state index in [2.05, 4.69) is 5.43 Å². The van der Waals surface area contributed by atoms with Gasteiger partial charge in [0.05, 0.1) is 0 Å². The van der Waals surface area contributed by atoms with Crippen molar-refractivity contribution in [3.63, 3.8) is 0 Å². The molecule has 0 atom stereocenters. The van der Waals surface area contributed by atoms with Crippen molar-refractivity contribution < 1.29 is 10.4 Å². The van der Waals surface area contributed by atoms with Crippen molar-refractivity contribution in [3.8, 4) is 0 Å². The fraction of sp³-hybridized carbons (Fsp3) is 1.00. The summed E-state index contributed by atoms with van der Waals surface area (Å²) in [5.41, 5.74) is 7.08. The largest absolute Gasteiger partial charge is 0.329 e. The van der Waals surface area contributed by atoms with Gasteiger partial charge in [-0.2, -0.15) is 0 Å². The Hall–Kier alpha value is -0.200. The van der Waals surface area contributed by atoms with E-state index < -0.39 is 0 Å². The molecule has 5 N–H and O–H groups in total. The first-order valence-electron chi connectivity index (χ1n) is 1.89. The van der Waals surface area contributed by atoms with Crippen LogP contribution in [0.15, 0.2) is 0 Å². The van der Waals surface area contributed by atoms with Crippen molar-refractivity contribution in [2.75, 3.05) is 13.1 Å². The van der Waals surface area contributed by atoms with E-state index >= 15 is 0 Å². The zero-order valence-corrected chi connectivity index (χ0v) is 3.83. The van der Waals surface area contributed by atoms with Crippen molar-refractivity contribution in [1.82, 2.24) is 10.8 Å². The van der Waals surface area contributed by atoms with E-state index in [1.807, 2.05) is 0 Å². The third-order valence-corrected chi connectivity index (χ3v) is 0.398. The van der Waals surface area contributed by atoms with Gasteiger partial charge in [0, 0.05) is 18.4 Å². The lowest BCUT2D eigenvalue weighted by molar-refractivity contribution is -0.341. The van der Waals surface area contributed by atoms with Gasteiger partial charge in [-0.05, 0) is 0 Å². The van der Waals surface area contributed by atoms with Crippen molar-refractivity contribution in [3.05, 3.63) is 0 Å². The molecule has 0 saturated carbocycles. The standard InChI is InChI=1S/C2H9N3O2/c3-1-2-4-5(6)7/h4,6-7H,1-3H2. The van der Waals surface area contributed by atoms with Gasteiger partial charge in [0.1, 0.15) is 0 Å². The second-order valence-corrected chi connectivity index (χ2v) is 0.986. The Bertz CT molecular complexity index is 39.9. The van der Waals surface area contributed by atoms with Gasteiger partial charge in [0.25, 0.3) is 0 Å². The fourth-order valence-electron chi connectivity index (χ4n) is 0.165. The Morgan fingerprint density at radius 2 is 2.14 bits per heavy atom. The van der Waals surface area contributed by atoms with Crippen LogP contribution in [0.4, 0.5) is 0 Å². The molecule has 0 aromatic rings. The van der Waals surface area contributed by atoms with Crippen molar-refractivity contribution in [1.29, 1.82) is 0 Å². The van der Waals surface area contributed by atoms with E-state index in [4.69, 9.17) is 16.1 Å². The number of nitrogens with zero attached hydrogens (tertiary/aromatic N) is 1. The highest BCUT2D eigenvalue weighted by atomic mass is 16.8. The zero-order chi connectivity index (χ0) is 5.70. The molecule has 0 amide bonds. The predicted octanol–water partition coefficient (Wildman–Crippen LogP) is -1.47. The van der Waals surface area contributed by atoms with Gasteiger partial charge in [-0.1, -0.05) is 0 Å². The first kappa shape index (κ1) is 6.80. The zero-order valence-electron chi connectivity index (χ0n) is 3.83. The van der Waals surface area contributed by atoms with Crippen LogP contribution in [-0.4, -0.2) is 28.8 Å². The van der Waals surface area contributed by atoms with Crippen molar-refractivity contribution in [2.24, 2.45) is 5.73 Å². The number of hydrogen-bond donors (Lipinski definition) is 4. The molecule has 44 valence electrons. The van der Waals surface area contributed by atoms with E-state index in [9.17, 15) is 0 Å². The Morgan fingerprint density at radius 1 is 1.57 bits per heavy atom. The molecule has 5 nitrogen and oxygen atoms in total. The molecule has 0 aromatic heterocycles. The maximum absolute atomic E-state index is 7.91. The molecular weight excluding hydrogens is 98.0 g/mol. The SMILES string of the molecule is NCCNN(O)O. The third kappa shape index (κ3) is 5.80. The second-order valence-electron chi connectivity index (χ2n) is 0.986. The Labute approximate surface area is 41.2 Å². The van der Waals surface area contributed by atoms with Crippen LogP contribution in [0, 0.1) is 0 Å². The van der Waals surface area contributed by atoms with Crippen LogP contribution in [0.5, 0.6) is 0 Å². The summed E-state index contributed by atoms with van der Waals surface area (Å²) in [5, 5.41) is 15.7. The van der Waals surface area contributed by atoms with Gasteiger partial charge in [0.15, 0.2) is 0 Å². The number of hydrogen-bond acceptors (Lipinski definition) is 5. The molecule has 0 aliphatic carbocycles. The lowest BCUT2D eigenvalue weighted by atomic mass is 10.7. The number of nitrogens with two attached hydrogens (primary N) is 1. The van der Waals surface area contributed by atoms with Gasteiger partial charge in [0.2, 0.25) is 0 Å². The molecule has 0 spiro atoms. The lowest BCUT2D eigenvalue weighted by Gasteiger charge is -2.04. The first-order valence-corrected chi connectivity index (χ1v) is 1.89. The lowest BCUT2D eigenvalue weighted by Crippen LogP contribution is -2.35. The van der Waals surface area contributed by atoms with E-state index in [1.165, 1.54) is 0 Å². The van der Waals surface area contributed by atoms with Crippen LogP contribution in [0.25, 0.3) is 0 Å². The summed E-state index contributed by atoms with van der Waals surface area (Å²) >= 11 is 0. The van der Waals surface area contributed by atoms with Gasteiger partial charge in [-0.15, -0.1) is 0 Å². The minimum Gasteiger partial charge on any atom is -0.329 e. The van der Waals surface area contributed by atoms with E-state index in [0.717, 1.165) is 0 Å². The van der Waals surface area contributed by atoms with E-state index in [-0.39, 0.29) is 5.34 Å². The van der Waals surface area contributed by atoms with Crippen molar-refractivity contribution in [2.45, 2.75) is 0 Å². The molecule has 0 aliphatic heterocycles. The summed E-state index contributed by atoms with van der Waals surface area (Å²) in [7, 11) is 0. The molecule has 0 saturated heterocycles. The second kappa shape index (κ2) is 3.97. The fourth-order valence-corrected chi connectivity index (χ4v) is 0.165. The van der Waals surface area contributed by atoms with E-state index in [0.29, 0.717) is 13.1 Å². The van der Waals surface area contributed by atoms with Gasteiger partial charge >= 0.3 is 0 Å². The molecule has 0 radical (unpaired) electrons. The molecular formula is C2H9N3O2. The minimum atomic E-state index is -0.118. The van der Waals surface area contributed by atoms with Gasteiger partial charge in [-0.25, -0.2) is 5.43 Å². The normalized spacial score (nSPS) is 10.3. The highest BCUT2D eigenvalue weighted by Gasteiger charge is 1.84. The number of nitrogens with one attached hydrogen (secondary N) is 1. The molecule has 0 fully saturated rings. The van der Waals surface area contributed by atoms with Crippen LogP contribution >= 0.6 is 0 Å². The van der Waals surface area contributed by atoms with Crippen LogP contribution in [0.2, 0.25) is 0 Å². The number of hydrazine groups is 1. The van der Waals surface area contributed by atoms with Crippen molar-refractivity contribution >= 4 is 0 Å². The molecule has 0 aliphatic rings. The summed E-state index contributed by atoms with van der Waals surface area (Å²) in [6.07, 6.45) is 0. The maximum Gasteiger partial charge on any atom is 0.0271 e. The van der Waals surface area contributed by atoms with E-state index in [1.54, 1.807) is 0 Å². The van der Waals surface area contributed by atoms with Crippen LogP contribution in [0.3, 0.4) is 0 Å². The van der Waals surface area contributed by atoms with Crippen LogP contribution in [-0.2, 0) is 0 Å². The highest BCUT2D eigenvalue weighted by molar-refractivity contribution is 4.31. The Morgan fingerprint density at radius 3 is 2.29 bits per heavy atom. The average molecular weight is 107 g/mol. The minimum absolute atomic E-state index is 0.118. The highest BCUT2D eigenvalue weighted by Crippen LogP contribution is 1.55. The van der Waals surface area contributed by atoms with Gasteiger partial charge < -0.3 is 5.73 Å². The molecule has 0 bridgehead atoms. The Balaban J connectivity index is 2.68. The monoisotopic (exact) mass is 107 g/mol. The first-order chi connectivity index (χ1) is 3.27. The average Bonchev–Trinajstić information content (AvgIpc) is 1.61. The third-order valence-electron chi connectivity index (χ3n) is 0.398. The smallest absolute Gasteiger partial charge is 0.0271 e. The molecule has 0 heterocycles. The van der Waals surface area contributed by atoms with Crippen LogP contribution in [0.1, 0.15) is 0 Å². The molecule has 0 aromatic carbocycles. The topological polar surface area (TPSA) is 81.8 Å². The van der Waals surface area contributed by atoms with Gasteiger partial charge in [-0.3, -0.25) is 10.4 Å². The summed E-state index contributed by atoms with van der Waals surface area (Å²) in [6, 6.07) is 0. The molecule has 7 heavy (non-hydrogen) atoms. The predicted molar refractivity (Wildman–Crippen MR) is 22.5 cm³/mol. The summed E-state index contributed by atoms with van der Waals surface area (Å²) in [4.78, 5) is 0. The maximum atomic E-state index is 7.91. The number of rotatable bonds is 3. The molecule has 0 rings (SSSR count). The summed E-state index contributed by atoms with van der Waals surface area (Å²) < 4.78 is 0. The molecule has 0 unspecified atom stereocenters. The quantitative estimate of drug-likeness (QED) is 0.331.